The van der Waals surface area contributed by atoms with E-state index in [-0.39, 0.29) is 40.2 Å². The first-order valence-electron chi connectivity index (χ1n) is 8.79. The van der Waals surface area contributed by atoms with E-state index in [0.717, 1.165) is 17.4 Å². The molecule has 0 bridgehead atoms. The van der Waals surface area contributed by atoms with Gasteiger partial charge >= 0.3 is 6.18 Å². The predicted molar refractivity (Wildman–Crippen MR) is 105 cm³/mol. The van der Waals surface area contributed by atoms with Gasteiger partial charge in [0.15, 0.2) is 5.78 Å². The summed E-state index contributed by atoms with van der Waals surface area (Å²) in [6.07, 6.45) is -2.40. The third kappa shape index (κ3) is 5.40. The third-order valence-electron chi connectivity index (χ3n) is 4.16. The average Bonchev–Trinajstić information content (AvgIpc) is 3.19. The highest BCUT2D eigenvalue weighted by Gasteiger charge is 2.34. The molecule has 0 saturated heterocycles. The SMILES string of the molecule is CC(CC(=O)c1cc(N)ncn1)c1ncc(C(=O)Nc2ccc(F)c(C(F)(F)F)c2)s1. The molecule has 0 saturated carbocycles. The van der Waals surface area contributed by atoms with Gasteiger partial charge in [0.05, 0.1) is 16.8 Å². The van der Waals surface area contributed by atoms with Crippen molar-refractivity contribution in [1.29, 1.82) is 0 Å². The quantitative estimate of drug-likeness (QED) is 0.425. The van der Waals surface area contributed by atoms with Crippen LogP contribution in [-0.4, -0.2) is 26.6 Å². The Labute approximate surface area is 177 Å². The summed E-state index contributed by atoms with van der Waals surface area (Å²) >= 11 is 0.992. The standard InChI is InChI=1S/C19H15F4N5O2S/c1-9(4-14(29)13-6-16(24)27-8-26-13)18-25-7-15(31-18)17(30)28-10-2-3-12(20)11(5-10)19(21,22)23/h2-3,5-9H,4H2,1H3,(H,28,30)(H2,24,26,27). The molecule has 3 aromatic rings. The minimum atomic E-state index is -4.89. The fourth-order valence-corrected chi connectivity index (χ4v) is 3.49. The third-order valence-corrected chi connectivity index (χ3v) is 5.39. The van der Waals surface area contributed by atoms with Crippen LogP contribution in [0.25, 0.3) is 0 Å². The summed E-state index contributed by atoms with van der Waals surface area (Å²) < 4.78 is 51.9. The molecular formula is C19H15F4N5O2S. The summed E-state index contributed by atoms with van der Waals surface area (Å²) in [6.45, 7) is 1.73. The number of nitrogens with zero attached hydrogens (tertiary/aromatic N) is 3. The molecule has 3 N–H and O–H groups in total. The van der Waals surface area contributed by atoms with E-state index < -0.39 is 23.5 Å². The molecule has 0 spiro atoms. The molecule has 3 rings (SSSR count). The number of aromatic nitrogens is 3. The van der Waals surface area contributed by atoms with Gasteiger partial charge in [-0.2, -0.15) is 13.2 Å². The minimum Gasteiger partial charge on any atom is -0.384 e. The van der Waals surface area contributed by atoms with Crippen molar-refractivity contribution < 1.29 is 27.2 Å². The minimum absolute atomic E-state index is 0.0535. The first kappa shape index (κ1) is 22.3. The van der Waals surface area contributed by atoms with Crippen molar-refractivity contribution in [3.63, 3.8) is 0 Å². The van der Waals surface area contributed by atoms with Crippen LogP contribution in [0.4, 0.5) is 29.1 Å². The Morgan fingerprint density at radius 2 is 1.94 bits per heavy atom. The van der Waals surface area contributed by atoms with Gasteiger partial charge in [0.25, 0.3) is 5.91 Å². The number of nitrogens with one attached hydrogen (secondary N) is 1. The molecule has 12 heteroatoms. The number of rotatable bonds is 6. The van der Waals surface area contributed by atoms with Gasteiger partial charge < -0.3 is 11.1 Å². The predicted octanol–water partition coefficient (Wildman–Crippen LogP) is 4.30. The lowest BCUT2D eigenvalue weighted by Gasteiger charge is -2.10. The number of hydrogen-bond donors (Lipinski definition) is 2. The topological polar surface area (TPSA) is 111 Å². The largest absolute Gasteiger partial charge is 0.419 e. The van der Waals surface area contributed by atoms with Gasteiger partial charge in [-0.3, -0.25) is 9.59 Å². The normalized spacial score (nSPS) is 12.4. The number of Topliss-reactive ketones (excluding diaryl/α,β-unsaturated/α-hetero) is 1. The van der Waals surface area contributed by atoms with Crippen LogP contribution in [0.5, 0.6) is 0 Å². The monoisotopic (exact) mass is 453 g/mol. The Morgan fingerprint density at radius 3 is 2.61 bits per heavy atom. The number of carbonyl (C=O) groups is 2. The Balaban J connectivity index is 1.69. The van der Waals surface area contributed by atoms with Crippen LogP contribution >= 0.6 is 11.3 Å². The van der Waals surface area contributed by atoms with Crippen molar-refractivity contribution in [2.45, 2.75) is 25.4 Å². The Hall–Kier alpha value is -3.41. The lowest BCUT2D eigenvalue weighted by molar-refractivity contribution is -0.139. The lowest BCUT2D eigenvalue weighted by Crippen LogP contribution is -2.13. The number of halogens is 4. The maximum atomic E-state index is 13.4. The van der Waals surface area contributed by atoms with Crippen LogP contribution in [0.15, 0.2) is 36.8 Å². The van der Waals surface area contributed by atoms with Gasteiger partial charge in [0, 0.05) is 24.1 Å². The number of amides is 1. The number of thiazole rings is 1. The van der Waals surface area contributed by atoms with Gasteiger partial charge in [0.2, 0.25) is 0 Å². The smallest absolute Gasteiger partial charge is 0.384 e. The summed E-state index contributed by atoms with van der Waals surface area (Å²) in [7, 11) is 0. The average molecular weight is 453 g/mol. The first-order chi connectivity index (χ1) is 14.5. The first-order valence-corrected chi connectivity index (χ1v) is 9.60. The molecular weight excluding hydrogens is 438 g/mol. The molecule has 1 aromatic carbocycles. The zero-order valence-electron chi connectivity index (χ0n) is 15.9. The zero-order valence-corrected chi connectivity index (χ0v) is 16.7. The van der Waals surface area contributed by atoms with Gasteiger partial charge in [0.1, 0.15) is 28.5 Å². The van der Waals surface area contributed by atoms with Crippen LogP contribution < -0.4 is 11.1 Å². The summed E-state index contributed by atoms with van der Waals surface area (Å²) in [4.78, 5) is 36.5. The molecule has 0 radical (unpaired) electrons. The number of alkyl halides is 3. The fraction of sp³-hybridized carbons (Fsp3) is 0.211. The molecule has 0 aliphatic heterocycles. The maximum Gasteiger partial charge on any atom is 0.419 e. The highest BCUT2D eigenvalue weighted by molar-refractivity contribution is 7.13. The number of nitrogens with two attached hydrogens (primary N) is 1. The molecule has 0 aliphatic rings. The Morgan fingerprint density at radius 1 is 1.19 bits per heavy atom. The second-order valence-corrected chi connectivity index (χ2v) is 7.63. The molecule has 0 aliphatic carbocycles. The highest BCUT2D eigenvalue weighted by atomic mass is 32.1. The van der Waals surface area contributed by atoms with E-state index in [2.05, 4.69) is 20.3 Å². The van der Waals surface area contributed by atoms with Crippen molar-refractivity contribution in [2.24, 2.45) is 0 Å². The van der Waals surface area contributed by atoms with Crippen molar-refractivity contribution in [3.8, 4) is 0 Å². The van der Waals surface area contributed by atoms with Crippen molar-refractivity contribution in [2.75, 3.05) is 11.1 Å². The van der Waals surface area contributed by atoms with Crippen LogP contribution in [0.3, 0.4) is 0 Å². The molecule has 162 valence electrons. The molecule has 2 heterocycles. The zero-order chi connectivity index (χ0) is 22.8. The fourth-order valence-electron chi connectivity index (χ4n) is 2.63. The number of hydrogen-bond acceptors (Lipinski definition) is 7. The van der Waals surface area contributed by atoms with Gasteiger partial charge in [-0.1, -0.05) is 6.92 Å². The second-order valence-electron chi connectivity index (χ2n) is 6.57. The lowest BCUT2D eigenvalue weighted by atomic mass is 10.0. The van der Waals surface area contributed by atoms with Gasteiger partial charge in [-0.15, -0.1) is 11.3 Å². The summed E-state index contributed by atoms with van der Waals surface area (Å²) in [5.41, 5.74) is 4.01. The summed E-state index contributed by atoms with van der Waals surface area (Å²) in [6, 6.07) is 3.53. The molecule has 7 nitrogen and oxygen atoms in total. The number of ketones is 1. The Kier molecular flexibility index (Phi) is 6.29. The summed E-state index contributed by atoms with van der Waals surface area (Å²) in [5, 5.41) is 2.77. The van der Waals surface area contributed by atoms with E-state index in [4.69, 9.17) is 5.73 Å². The summed E-state index contributed by atoms with van der Waals surface area (Å²) in [5.74, 6) is -2.61. The van der Waals surface area contributed by atoms with Gasteiger partial charge in [-0.05, 0) is 18.2 Å². The van der Waals surface area contributed by atoms with Crippen molar-refractivity contribution in [1.82, 2.24) is 15.0 Å². The van der Waals surface area contributed by atoms with E-state index >= 15 is 0 Å². The van der Waals surface area contributed by atoms with Crippen LogP contribution in [0, 0.1) is 5.82 Å². The molecule has 1 atom stereocenters. The number of anilines is 2. The second kappa shape index (κ2) is 8.76. The van der Waals surface area contributed by atoms with Crippen LogP contribution in [0.2, 0.25) is 0 Å². The van der Waals surface area contributed by atoms with Crippen LogP contribution in [-0.2, 0) is 6.18 Å². The molecule has 1 amide bonds. The van der Waals surface area contributed by atoms with E-state index in [1.807, 2.05) is 0 Å². The number of carbonyl (C=O) groups excluding carboxylic acids is 2. The molecule has 1 unspecified atom stereocenters. The molecule has 31 heavy (non-hydrogen) atoms. The van der Waals surface area contributed by atoms with Gasteiger partial charge in [-0.25, -0.2) is 19.3 Å². The number of benzene rings is 1. The van der Waals surface area contributed by atoms with Crippen molar-refractivity contribution in [3.05, 3.63) is 63.7 Å². The van der Waals surface area contributed by atoms with E-state index in [0.29, 0.717) is 17.1 Å². The van der Waals surface area contributed by atoms with E-state index in [9.17, 15) is 27.2 Å². The maximum absolute atomic E-state index is 13.4. The van der Waals surface area contributed by atoms with E-state index in [1.54, 1.807) is 6.92 Å². The highest BCUT2D eigenvalue weighted by Crippen LogP contribution is 2.33. The Bertz CT molecular complexity index is 1130. The molecule has 2 aromatic heterocycles. The number of nitrogen functional groups attached to an aromatic ring is 1. The van der Waals surface area contributed by atoms with Crippen LogP contribution in [0.1, 0.15) is 50.0 Å². The molecule has 0 fully saturated rings. The van der Waals surface area contributed by atoms with Crippen molar-refractivity contribution >= 4 is 34.5 Å². The van der Waals surface area contributed by atoms with E-state index in [1.165, 1.54) is 18.6 Å².